The summed E-state index contributed by atoms with van der Waals surface area (Å²) in [5, 5.41) is 3.70. The Labute approximate surface area is 290 Å². The number of nitrogens with zero attached hydrogens (tertiary/aromatic N) is 6. The van der Waals surface area contributed by atoms with E-state index < -0.39 is 11.9 Å². The van der Waals surface area contributed by atoms with Gasteiger partial charge >= 0.3 is 0 Å². The zero-order valence-electron chi connectivity index (χ0n) is 29.0. The Kier molecular flexibility index (Phi) is 8.68. The number of imide groups is 1. The predicted molar refractivity (Wildman–Crippen MR) is 190 cm³/mol. The van der Waals surface area contributed by atoms with Gasteiger partial charge < -0.3 is 28.7 Å². The molecule has 3 amide bonds. The summed E-state index contributed by atoms with van der Waals surface area (Å²) in [5.74, 6) is 1.28. The molecule has 2 saturated heterocycles. The third kappa shape index (κ3) is 5.91. The van der Waals surface area contributed by atoms with Crippen LogP contribution in [0.1, 0.15) is 34.3 Å². The Morgan fingerprint density at radius 3 is 2.30 bits per heavy atom. The minimum Gasteiger partial charge on any atom is -0.496 e. The van der Waals surface area contributed by atoms with Gasteiger partial charge in [0.2, 0.25) is 11.8 Å². The Morgan fingerprint density at radius 2 is 1.64 bits per heavy atom. The first-order valence-corrected chi connectivity index (χ1v) is 16.7. The van der Waals surface area contributed by atoms with Crippen LogP contribution in [0.2, 0.25) is 0 Å². The number of ether oxygens (including phenoxy) is 2. The second-order valence-electron chi connectivity index (χ2n) is 13.3. The lowest BCUT2D eigenvalue weighted by Crippen LogP contribution is -2.52. The summed E-state index contributed by atoms with van der Waals surface area (Å²) in [7, 11) is 8.89. The molecule has 13 heteroatoms. The van der Waals surface area contributed by atoms with E-state index in [-0.39, 0.29) is 23.8 Å². The lowest BCUT2D eigenvalue weighted by atomic mass is 9.98. The topological polar surface area (TPSA) is 130 Å². The maximum absolute atomic E-state index is 13.4. The van der Waals surface area contributed by atoms with Gasteiger partial charge in [0, 0.05) is 101 Å². The number of carbonyl (C=O) groups is 3. The smallest absolute Gasteiger partial charge is 0.259 e. The number of methoxy groups -OCH3 is 2. The minimum absolute atomic E-state index is 0.114. The van der Waals surface area contributed by atoms with E-state index in [1.165, 1.54) is 0 Å². The van der Waals surface area contributed by atoms with Gasteiger partial charge in [-0.2, -0.15) is 0 Å². The Balaban J connectivity index is 1.08. The molecule has 13 nitrogen and oxygen atoms in total. The van der Waals surface area contributed by atoms with E-state index in [0.29, 0.717) is 42.0 Å². The fourth-order valence-corrected chi connectivity index (χ4v) is 7.25. The summed E-state index contributed by atoms with van der Waals surface area (Å²) in [5.41, 5.74) is 5.04. The number of hydrogen-bond acceptors (Lipinski definition) is 10. The number of carbonyl (C=O) groups excluding carboxylic acids is 3. The fourth-order valence-electron chi connectivity index (χ4n) is 7.25. The van der Waals surface area contributed by atoms with E-state index >= 15 is 0 Å². The molecule has 0 radical (unpaired) electrons. The quantitative estimate of drug-likeness (QED) is 0.278. The van der Waals surface area contributed by atoms with Crippen LogP contribution in [0.5, 0.6) is 11.5 Å². The fraction of sp³-hybridized carbons (Fsp3) is 0.378. The number of anilines is 2. The first-order valence-electron chi connectivity index (χ1n) is 16.7. The van der Waals surface area contributed by atoms with Gasteiger partial charge in [-0.1, -0.05) is 6.07 Å². The molecule has 4 aromatic rings. The van der Waals surface area contributed by atoms with Crippen LogP contribution >= 0.6 is 0 Å². The van der Waals surface area contributed by atoms with Gasteiger partial charge in [-0.15, -0.1) is 0 Å². The molecule has 3 aliphatic rings. The molecule has 0 saturated carbocycles. The van der Waals surface area contributed by atoms with Crippen molar-refractivity contribution in [3.05, 3.63) is 75.8 Å². The van der Waals surface area contributed by atoms with Crippen molar-refractivity contribution in [2.45, 2.75) is 32.0 Å². The summed E-state index contributed by atoms with van der Waals surface area (Å²) in [4.78, 5) is 63.1. The number of piperidine rings is 1. The third-order valence-electron chi connectivity index (χ3n) is 10.1. The maximum atomic E-state index is 13.4. The number of aryl methyl sites for hydroxylation is 1. The van der Waals surface area contributed by atoms with Crippen molar-refractivity contribution < 1.29 is 23.9 Å². The highest BCUT2D eigenvalue weighted by Gasteiger charge is 2.39. The number of amides is 3. The molecule has 3 aliphatic heterocycles. The van der Waals surface area contributed by atoms with Gasteiger partial charge in [0.05, 0.1) is 25.2 Å². The molecule has 1 unspecified atom stereocenters. The first kappa shape index (κ1) is 33.1. The van der Waals surface area contributed by atoms with Gasteiger partial charge in [-0.25, -0.2) is 4.98 Å². The Morgan fingerprint density at radius 1 is 0.920 bits per heavy atom. The van der Waals surface area contributed by atoms with Crippen LogP contribution in [0, 0.1) is 0 Å². The van der Waals surface area contributed by atoms with E-state index in [1.54, 1.807) is 36.9 Å². The van der Waals surface area contributed by atoms with Crippen LogP contribution < -0.4 is 30.1 Å². The molecular formula is C37H41N7O6. The molecular weight excluding hydrogens is 638 g/mol. The normalized spacial score (nSPS) is 18.0. The number of pyridine rings is 2. The molecule has 0 aliphatic carbocycles. The van der Waals surface area contributed by atoms with Crippen molar-refractivity contribution >= 4 is 40.0 Å². The van der Waals surface area contributed by atoms with E-state index in [2.05, 4.69) is 20.1 Å². The van der Waals surface area contributed by atoms with E-state index in [0.717, 1.165) is 65.3 Å². The lowest BCUT2D eigenvalue weighted by molar-refractivity contribution is -0.136. The molecule has 2 aromatic carbocycles. The van der Waals surface area contributed by atoms with Crippen molar-refractivity contribution in [2.24, 2.45) is 7.05 Å². The van der Waals surface area contributed by atoms with Crippen LogP contribution in [0.25, 0.3) is 21.9 Å². The second-order valence-corrected chi connectivity index (χ2v) is 13.3. The number of rotatable bonds is 8. The number of fused-ring (bicyclic) bond motifs is 2. The molecule has 50 heavy (non-hydrogen) atoms. The van der Waals surface area contributed by atoms with Crippen LogP contribution in [-0.4, -0.2) is 97.6 Å². The molecule has 2 aromatic heterocycles. The highest BCUT2D eigenvalue weighted by molar-refractivity contribution is 6.05. The van der Waals surface area contributed by atoms with Crippen molar-refractivity contribution in [1.29, 1.82) is 0 Å². The number of piperazine rings is 1. The molecule has 1 atom stereocenters. The number of hydrogen-bond donors (Lipinski definition) is 1. The van der Waals surface area contributed by atoms with Crippen molar-refractivity contribution in [1.82, 2.24) is 24.7 Å². The Bertz CT molecular complexity index is 2060. The minimum atomic E-state index is -0.628. The summed E-state index contributed by atoms with van der Waals surface area (Å²) < 4.78 is 13.5. The van der Waals surface area contributed by atoms with Crippen LogP contribution in [0.15, 0.2) is 53.6 Å². The summed E-state index contributed by atoms with van der Waals surface area (Å²) in [6.07, 6.45) is 4.05. The molecule has 0 spiro atoms. The summed E-state index contributed by atoms with van der Waals surface area (Å²) >= 11 is 0. The van der Waals surface area contributed by atoms with Gasteiger partial charge in [0.25, 0.3) is 11.5 Å². The number of nitrogens with one attached hydrogen (secondary N) is 1. The monoisotopic (exact) mass is 679 g/mol. The summed E-state index contributed by atoms with van der Waals surface area (Å²) in [6, 6.07) is 11.3. The summed E-state index contributed by atoms with van der Waals surface area (Å²) in [6.45, 7) is 4.08. The van der Waals surface area contributed by atoms with Crippen molar-refractivity contribution in [2.75, 3.05) is 64.3 Å². The highest BCUT2D eigenvalue weighted by Crippen LogP contribution is 2.39. The van der Waals surface area contributed by atoms with Crippen molar-refractivity contribution in [3.8, 4) is 22.6 Å². The maximum Gasteiger partial charge on any atom is 0.259 e. The number of aromatic nitrogens is 2. The second kappa shape index (κ2) is 13.1. The molecule has 7 rings (SSSR count). The highest BCUT2D eigenvalue weighted by atomic mass is 16.5. The largest absolute Gasteiger partial charge is 0.496 e. The lowest BCUT2D eigenvalue weighted by Gasteiger charge is -2.36. The van der Waals surface area contributed by atoms with Gasteiger partial charge in [-0.3, -0.25) is 29.4 Å². The van der Waals surface area contributed by atoms with Gasteiger partial charge in [0.15, 0.2) is 0 Å². The molecule has 260 valence electrons. The average molecular weight is 680 g/mol. The zero-order chi connectivity index (χ0) is 35.3. The SMILES string of the molecule is COc1cc(-c2cn(C)c(=O)c3cnc(N(C)C)cc23)cc(OC)c1CN1CCN(c2ccc3c(c2)C(=O)N(C2CCC(=O)NC2=O)C3)CC1. The predicted octanol–water partition coefficient (Wildman–Crippen LogP) is 2.77. The van der Waals surface area contributed by atoms with Crippen LogP contribution in [0.3, 0.4) is 0 Å². The Hall–Kier alpha value is -5.43. The van der Waals surface area contributed by atoms with Crippen LogP contribution in [-0.2, 0) is 29.7 Å². The van der Waals surface area contributed by atoms with Crippen LogP contribution in [0.4, 0.5) is 11.5 Å². The zero-order valence-corrected chi connectivity index (χ0v) is 29.0. The molecule has 0 bridgehead atoms. The van der Waals surface area contributed by atoms with Crippen molar-refractivity contribution in [3.63, 3.8) is 0 Å². The number of benzene rings is 2. The third-order valence-corrected chi connectivity index (χ3v) is 10.1. The van der Waals surface area contributed by atoms with E-state index in [1.807, 2.05) is 61.6 Å². The molecule has 5 heterocycles. The first-order chi connectivity index (χ1) is 24.1. The van der Waals surface area contributed by atoms with Gasteiger partial charge in [0.1, 0.15) is 23.4 Å². The molecule has 1 N–H and O–H groups in total. The standard InChI is InChI=1S/C37H41N7O6/c1-40(2)33-17-26-27(18-38-33)36(47)41(3)20-28(26)23-14-31(49-4)29(32(15-23)50-5)21-42-10-12-43(13-11-42)24-7-6-22-19-44(37(48)25(22)16-24)30-8-9-34(45)39-35(30)46/h6-7,14-18,20,30H,8-13,19,21H2,1-5H3,(H,39,45,46). The molecule has 2 fully saturated rings. The van der Waals surface area contributed by atoms with Gasteiger partial charge in [-0.05, 0) is 47.9 Å². The van der Waals surface area contributed by atoms with E-state index in [9.17, 15) is 19.2 Å². The average Bonchev–Trinajstić information content (AvgIpc) is 3.44. The van der Waals surface area contributed by atoms with E-state index in [4.69, 9.17) is 9.47 Å².